The zero-order valence-electron chi connectivity index (χ0n) is 12.4. The van der Waals surface area contributed by atoms with Gasteiger partial charge in [-0.1, -0.05) is 0 Å². The van der Waals surface area contributed by atoms with Crippen molar-refractivity contribution in [2.75, 3.05) is 7.05 Å². The van der Waals surface area contributed by atoms with E-state index in [0.717, 1.165) is 21.0 Å². The highest BCUT2D eigenvalue weighted by atomic mass is 32.2. The van der Waals surface area contributed by atoms with E-state index < -0.39 is 22.4 Å². The Balaban J connectivity index is 1.92. The van der Waals surface area contributed by atoms with Gasteiger partial charge in [0.05, 0.1) is 17.8 Å². The lowest BCUT2D eigenvalue weighted by Gasteiger charge is -2.24. The maximum Gasteiger partial charge on any atom is 0.276 e. The number of likely N-dealkylation sites (N-methyl/N-ethyl adjacent to an activating group) is 1. The van der Waals surface area contributed by atoms with Crippen molar-refractivity contribution in [3.63, 3.8) is 0 Å². The Hall–Kier alpha value is -1.55. The summed E-state index contributed by atoms with van der Waals surface area (Å²) in [6, 6.07) is 1.38. The van der Waals surface area contributed by atoms with Crippen LogP contribution in [0.5, 0.6) is 0 Å². The van der Waals surface area contributed by atoms with Gasteiger partial charge in [-0.05, 0) is 25.8 Å². The molecule has 0 spiro atoms. The summed E-state index contributed by atoms with van der Waals surface area (Å²) in [5.74, 6) is 0. The van der Waals surface area contributed by atoms with Gasteiger partial charge in [-0.25, -0.2) is 15.1 Å². The molecule has 0 aromatic carbocycles. The number of aromatic nitrogens is 3. The summed E-state index contributed by atoms with van der Waals surface area (Å²) in [4.78, 5) is 8.46. The minimum Gasteiger partial charge on any atom is -0.391 e. The molecule has 0 bridgehead atoms. The molecule has 0 aliphatic heterocycles. The average molecular weight is 325 g/mol. The Morgan fingerprint density at radius 1 is 1.41 bits per heavy atom. The lowest BCUT2D eigenvalue weighted by Crippen LogP contribution is -2.44. The van der Waals surface area contributed by atoms with Crippen LogP contribution in [0, 0.1) is 6.92 Å². The van der Waals surface area contributed by atoms with Crippen molar-refractivity contribution >= 4 is 21.2 Å². The molecule has 2 aromatic rings. The molecule has 22 heavy (non-hydrogen) atoms. The molecule has 0 saturated heterocycles. The van der Waals surface area contributed by atoms with Crippen LogP contribution in [0.25, 0.3) is 11.0 Å². The van der Waals surface area contributed by atoms with Gasteiger partial charge >= 0.3 is 0 Å². The van der Waals surface area contributed by atoms with E-state index in [1.165, 1.54) is 13.4 Å². The van der Waals surface area contributed by atoms with E-state index in [0.29, 0.717) is 12.8 Å². The highest BCUT2D eigenvalue weighted by molar-refractivity contribution is 7.86. The van der Waals surface area contributed by atoms with Crippen molar-refractivity contribution in [1.29, 1.82) is 0 Å². The molecule has 3 atom stereocenters. The summed E-state index contributed by atoms with van der Waals surface area (Å²) in [7, 11) is -2.43. The predicted molar refractivity (Wildman–Crippen MR) is 81.2 cm³/mol. The number of aliphatic hydroxyl groups excluding tert-OH is 1. The monoisotopic (exact) mass is 325 g/mol. The molecule has 1 aliphatic rings. The molecule has 3 rings (SSSR count). The zero-order chi connectivity index (χ0) is 16.1. The second-order valence-corrected chi connectivity index (χ2v) is 7.35. The van der Waals surface area contributed by atoms with Gasteiger partial charge in [-0.3, -0.25) is 0 Å². The van der Waals surface area contributed by atoms with Crippen LogP contribution in [-0.4, -0.2) is 51.6 Å². The molecule has 0 amide bonds. The number of fused-ring (bicyclic) bond motifs is 1. The van der Waals surface area contributed by atoms with E-state index in [4.69, 9.17) is 5.14 Å². The van der Waals surface area contributed by atoms with Gasteiger partial charge in [0.2, 0.25) is 0 Å². The topological polar surface area (TPSA) is 114 Å². The summed E-state index contributed by atoms with van der Waals surface area (Å²) in [6.07, 6.45) is 3.60. The second kappa shape index (κ2) is 5.27. The van der Waals surface area contributed by atoms with Gasteiger partial charge in [-0.2, -0.15) is 12.7 Å². The Bertz CT molecular complexity index is 803. The Morgan fingerprint density at radius 3 is 2.82 bits per heavy atom. The molecule has 8 nitrogen and oxygen atoms in total. The third-order valence-corrected chi connectivity index (χ3v) is 5.52. The van der Waals surface area contributed by atoms with Crippen molar-refractivity contribution in [2.45, 2.75) is 38.0 Å². The van der Waals surface area contributed by atoms with Gasteiger partial charge in [0.1, 0.15) is 12.0 Å². The van der Waals surface area contributed by atoms with Crippen LogP contribution in [0.15, 0.2) is 18.6 Å². The second-order valence-electron chi connectivity index (χ2n) is 5.74. The van der Waals surface area contributed by atoms with Crippen molar-refractivity contribution in [3.8, 4) is 0 Å². The Morgan fingerprint density at radius 2 is 2.14 bits per heavy atom. The van der Waals surface area contributed by atoms with E-state index in [1.54, 1.807) is 0 Å². The van der Waals surface area contributed by atoms with E-state index in [-0.39, 0.29) is 6.04 Å². The van der Waals surface area contributed by atoms with Gasteiger partial charge in [0.15, 0.2) is 0 Å². The fourth-order valence-electron chi connectivity index (χ4n) is 3.17. The zero-order valence-corrected chi connectivity index (χ0v) is 13.2. The Kier molecular flexibility index (Phi) is 3.68. The number of nitrogens with zero attached hydrogens (tertiary/aromatic N) is 4. The minimum absolute atomic E-state index is 0.0315. The van der Waals surface area contributed by atoms with Crippen LogP contribution in [0.2, 0.25) is 0 Å². The smallest absolute Gasteiger partial charge is 0.276 e. The van der Waals surface area contributed by atoms with Crippen LogP contribution in [0.4, 0.5) is 0 Å². The van der Waals surface area contributed by atoms with Crippen molar-refractivity contribution in [1.82, 2.24) is 18.8 Å². The van der Waals surface area contributed by atoms with Crippen molar-refractivity contribution < 1.29 is 13.5 Å². The first-order valence-corrected chi connectivity index (χ1v) is 8.51. The first-order valence-electron chi connectivity index (χ1n) is 7.01. The molecule has 1 saturated carbocycles. The third-order valence-electron chi connectivity index (χ3n) is 4.44. The Labute approximate surface area is 128 Å². The first-order chi connectivity index (χ1) is 10.3. The quantitative estimate of drug-likeness (QED) is 0.820. The molecule has 120 valence electrons. The highest BCUT2D eigenvalue weighted by Crippen LogP contribution is 2.35. The first kappa shape index (κ1) is 15.3. The highest BCUT2D eigenvalue weighted by Gasteiger charge is 2.39. The summed E-state index contributed by atoms with van der Waals surface area (Å²) >= 11 is 0. The maximum atomic E-state index is 11.5. The molecule has 3 N–H and O–H groups in total. The SMILES string of the molecule is Cc1ncnc2c1ccn2[C@H]1C[C@H](O)[C@@H](N(C)S(N)(=O)=O)C1. The minimum atomic E-state index is -3.82. The third kappa shape index (κ3) is 2.50. The molecule has 2 heterocycles. The van der Waals surface area contributed by atoms with Gasteiger partial charge in [0, 0.05) is 24.7 Å². The molecule has 0 unspecified atom stereocenters. The summed E-state index contributed by atoms with van der Waals surface area (Å²) < 4.78 is 26.0. The maximum absolute atomic E-state index is 11.5. The fourth-order valence-corrected chi connectivity index (χ4v) is 3.77. The molecule has 2 aromatic heterocycles. The number of hydrogen-bond donors (Lipinski definition) is 2. The summed E-state index contributed by atoms with van der Waals surface area (Å²) in [5.41, 5.74) is 1.68. The van der Waals surface area contributed by atoms with Gasteiger partial charge in [-0.15, -0.1) is 0 Å². The number of hydrogen-bond acceptors (Lipinski definition) is 5. The summed E-state index contributed by atoms with van der Waals surface area (Å²) in [6.45, 7) is 1.91. The number of aliphatic hydroxyl groups is 1. The average Bonchev–Trinajstić information content (AvgIpc) is 3.01. The molecular weight excluding hydrogens is 306 g/mol. The molecule has 1 aliphatic carbocycles. The fraction of sp³-hybridized carbons (Fsp3) is 0.538. The van der Waals surface area contributed by atoms with E-state index >= 15 is 0 Å². The van der Waals surface area contributed by atoms with Crippen molar-refractivity contribution in [2.24, 2.45) is 5.14 Å². The van der Waals surface area contributed by atoms with Crippen LogP contribution in [0.1, 0.15) is 24.6 Å². The number of aryl methyl sites for hydroxylation is 1. The lowest BCUT2D eigenvalue weighted by molar-refractivity contribution is 0.121. The van der Waals surface area contributed by atoms with Gasteiger partial charge < -0.3 is 9.67 Å². The predicted octanol–water partition coefficient (Wildman–Crippen LogP) is -0.0606. The van der Waals surface area contributed by atoms with Crippen LogP contribution < -0.4 is 5.14 Å². The lowest BCUT2D eigenvalue weighted by atomic mass is 10.2. The van der Waals surface area contributed by atoms with E-state index in [1.807, 2.05) is 23.8 Å². The molecular formula is C13H19N5O3S. The number of nitrogens with two attached hydrogens (primary N) is 1. The van der Waals surface area contributed by atoms with Crippen LogP contribution in [0.3, 0.4) is 0 Å². The normalized spacial score (nSPS) is 26.1. The van der Waals surface area contributed by atoms with E-state index in [2.05, 4.69) is 9.97 Å². The molecule has 1 fully saturated rings. The van der Waals surface area contributed by atoms with Crippen LogP contribution in [-0.2, 0) is 10.2 Å². The molecule has 9 heteroatoms. The van der Waals surface area contributed by atoms with E-state index in [9.17, 15) is 13.5 Å². The van der Waals surface area contributed by atoms with Crippen molar-refractivity contribution in [3.05, 3.63) is 24.3 Å². The molecule has 0 radical (unpaired) electrons. The van der Waals surface area contributed by atoms with Gasteiger partial charge in [0.25, 0.3) is 10.2 Å². The standard InChI is InChI=1S/C13H19N5O3S/c1-8-10-3-4-18(13(10)16-7-15-8)9-5-11(12(19)6-9)17(2)22(14,20)21/h3-4,7,9,11-12,19H,5-6H2,1-2H3,(H2,14,20,21)/t9-,11+,12+/m1/s1. The van der Waals surface area contributed by atoms with Crippen LogP contribution >= 0.6 is 0 Å². The number of rotatable bonds is 3. The largest absolute Gasteiger partial charge is 0.391 e. The summed E-state index contributed by atoms with van der Waals surface area (Å²) in [5, 5.41) is 16.3.